The zero-order chi connectivity index (χ0) is 13.8. The highest BCUT2D eigenvalue weighted by molar-refractivity contribution is 14.1. The van der Waals surface area contributed by atoms with E-state index < -0.39 is 0 Å². The number of rotatable bonds is 4. The Morgan fingerprint density at radius 1 is 1.53 bits per heavy atom. The van der Waals surface area contributed by atoms with Crippen LogP contribution in [0.5, 0.6) is 0 Å². The Labute approximate surface area is 129 Å². The Morgan fingerprint density at radius 2 is 2.26 bits per heavy atom. The van der Waals surface area contributed by atoms with Crippen molar-refractivity contribution >= 4 is 46.2 Å². The highest BCUT2D eigenvalue weighted by Gasteiger charge is 2.28. The van der Waals surface area contributed by atoms with Crippen molar-refractivity contribution < 1.29 is 14.3 Å². The number of ether oxygens (including phenoxy) is 1. The number of hydrogen-bond acceptors (Lipinski definition) is 4. The third kappa shape index (κ3) is 3.62. The van der Waals surface area contributed by atoms with E-state index in [1.165, 1.54) is 17.6 Å². The minimum atomic E-state index is -0.347. The molecule has 1 aliphatic heterocycles. The lowest BCUT2D eigenvalue weighted by atomic mass is 10.1. The minimum Gasteiger partial charge on any atom is -0.468 e. The van der Waals surface area contributed by atoms with Crippen molar-refractivity contribution in [2.24, 2.45) is 0 Å². The Kier molecular flexibility index (Phi) is 5.09. The molecule has 2 atom stereocenters. The summed E-state index contributed by atoms with van der Waals surface area (Å²) in [7, 11) is 1.35. The number of amides is 1. The van der Waals surface area contributed by atoms with Crippen molar-refractivity contribution in [2.75, 3.05) is 13.7 Å². The van der Waals surface area contributed by atoms with Crippen LogP contribution in [0.1, 0.15) is 5.56 Å². The summed E-state index contributed by atoms with van der Waals surface area (Å²) in [5, 5.41) is 2.71. The second-order valence-corrected chi connectivity index (χ2v) is 6.90. The van der Waals surface area contributed by atoms with Crippen LogP contribution < -0.4 is 5.32 Å². The van der Waals surface area contributed by atoms with E-state index in [0.29, 0.717) is 6.54 Å². The average molecular weight is 391 g/mol. The van der Waals surface area contributed by atoms with Gasteiger partial charge in [-0.25, -0.2) is 0 Å². The monoisotopic (exact) mass is 391 g/mol. The third-order valence-corrected chi connectivity index (χ3v) is 5.12. The molecule has 2 rings (SSSR count). The van der Waals surface area contributed by atoms with Gasteiger partial charge >= 0.3 is 5.97 Å². The van der Waals surface area contributed by atoms with Crippen LogP contribution in [-0.2, 0) is 20.7 Å². The number of methoxy groups -OCH3 is 1. The van der Waals surface area contributed by atoms with Crippen LogP contribution >= 0.6 is 34.4 Å². The Bertz CT molecular complexity index is 470. The molecule has 1 heterocycles. The molecule has 0 saturated carbocycles. The lowest BCUT2D eigenvalue weighted by molar-refractivity contribution is -0.139. The number of benzene rings is 1. The fraction of sp³-hybridized carbons (Fsp3) is 0.385. The second kappa shape index (κ2) is 6.60. The molecule has 2 unspecified atom stereocenters. The molecule has 1 aliphatic rings. The lowest BCUT2D eigenvalue weighted by Gasteiger charge is -2.12. The summed E-state index contributed by atoms with van der Waals surface area (Å²) in [6.45, 7) is 0.305. The van der Waals surface area contributed by atoms with Gasteiger partial charge in [0.05, 0.1) is 12.4 Å². The van der Waals surface area contributed by atoms with E-state index in [-0.39, 0.29) is 21.1 Å². The molecular formula is C13H14INO3S. The van der Waals surface area contributed by atoms with Gasteiger partial charge in [-0.15, -0.1) is 11.8 Å². The highest BCUT2D eigenvalue weighted by atomic mass is 127. The van der Waals surface area contributed by atoms with E-state index in [2.05, 4.69) is 10.1 Å². The summed E-state index contributed by atoms with van der Waals surface area (Å²) in [4.78, 5) is 24.4. The standard InChI is InChI=1S/C13H14INO3S/c1-18-13(17)9(14)7-15-12(16)11-6-8-4-2-3-5-10(8)19-11/h2-5,9,11H,6-7H2,1H3,(H,15,16). The Hall–Kier alpha value is -0.760. The fourth-order valence-electron chi connectivity index (χ4n) is 1.84. The van der Waals surface area contributed by atoms with Crippen molar-refractivity contribution in [2.45, 2.75) is 20.5 Å². The average Bonchev–Trinajstić information content (AvgIpc) is 2.87. The first-order valence-corrected chi connectivity index (χ1v) is 7.98. The number of esters is 1. The molecular weight excluding hydrogens is 377 g/mol. The molecule has 0 saturated heterocycles. The van der Waals surface area contributed by atoms with Crippen LogP contribution in [0.2, 0.25) is 0 Å². The first-order chi connectivity index (χ1) is 9.11. The van der Waals surface area contributed by atoms with E-state index in [0.717, 1.165) is 6.42 Å². The summed E-state index contributed by atoms with van der Waals surface area (Å²) in [6.07, 6.45) is 0.747. The molecule has 1 aromatic rings. The lowest BCUT2D eigenvalue weighted by Crippen LogP contribution is -2.38. The van der Waals surface area contributed by atoms with Crippen LogP contribution in [0.4, 0.5) is 0 Å². The fourth-order valence-corrected chi connectivity index (χ4v) is 3.54. The van der Waals surface area contributed by atoms with Gasteiger partial charge in [0.2, 0.25) is 5.91 Å². The van der Waals surface area contributed by atoms with E-state index in [1.54, 1.807) is 11.8 Å². The molecule has 1 amide bonds. The summed E-state index contributed by atoms with van der Waals surface area (Å²) < 4.78 is 4.27. The van der Waals surface area contributed by atoms with E-state index in [4.69, 9.17) is 0 Å². The van der Waals surface area contributed by atoms with Crippen LogP contribution in [0.3, 0.4) is 0 Å². The number of alkyl halides is 1. The van der Waals surface area contributed by atoms with Gasteiger partial charge in [-0.3, -0.25) is 9.59 Å². The van der Waals surface area contributed by atoms with Crippen LogP contribution in [0.15, 0.2) is 29.2 Å². The van der Waals surface area contributed by atoms with Gasteiger partial charge in [-0.1, -0.05) is 40.8 Å². The maximum absolute atomic E-state index is 12.0. The normalized spacial score (nSPS) is 18.5. The molecule has 1 aromatic carbocycles. The van der Waals surface area contributed by atoms with Gasteiger partial charge < -0.3 is 10.1 Å². The Morgan fingerprint density at radius 3 is 2.95 bits per heavy atom. The van der Waals surface area contributed by atoms with Crippen molar-refractivity contribution in [1.29, 1.82) is 0 Å². The highest BCUT2D eigenvalue weighted by Crippen LogP contribution is 2.36. The van der Waals surface area contributed by atoms with Crippen molar-refractivity contribution in [3.63, 3.8) is 0 Å². The quantitative estimate of drug-likeness (QED) is 0.483. The summed E-state index contributed by atoms with van der Waals surface area (Å²) in [6, 6.07) is 8.04. The van der Waals surface area contributed by atoms with Gasteiger partial charge in [0.15, 0.2) is 0 Å². The third-order valence-electron chi connectivity index (χ3n) is 2.85. The molecule has 0 spiro atoms. The molecule has 0 fully saturated rings. The SMILES string of the molecule is COC(=O)C(I)CNC(=O)C1Cc2ccccc2S1. The number of halogens is 1. The number of carbonyl (C=O) groups excluding carboxylic acids is 2. The van der Waals surface area contributed by atoms with Gasteiger partial charge in [0, 0.05) is 11.4 Å². The van der Waals surface area contributed by atoms with Crippen molar-refractivity contribution in [3.8, 4) is 0 Å². The number of nitrogens with one attached hydrogen (secondary N) is 1. The van der Waals surface area contributed by atoms with E-state index in [9.17, 15) is 9.59 Å². The molecule has 0 bridgehead atoms. The molecule has 0 aromatic heterocycles. The number of carbonyl (C=O) groups is 2. The first-order valence-electron chi connectivity index (χ1n) is 5.86. The summed E-state index contributed by atoms with van der Waals surface area (Å²) >= 11 is 3.55. The van der Waals surface area contributed by atoms with Gasteiger partial charge in [0.1, 0.15) is 3.92 Å². The number of hydrogen-bond donors (Lipinski definition) is 1. The molecule has 0 radical (unpaired) electrons. The van der Waals surface area contributed by atoms with Crippen LogP contribution in [0, 0.1) is 0 Å². The van der Waals surface area contributed by atoms with Gasteiger partial charge in [-0.05, 0) is 18.1 Å². The zero-order valence-electron chi connectivity index (χ0n) is 10.4. The zero-order valence-corrected chi connectivity index (χ0v) is 13.4. The number of fused-ring (bicyclic) bond motifs is 1. The molecule has 1 N–H and O–H groups in total. The van der Waals surface area contributed by atoms with E-state index in [1.807, 2.05) is 46.9 Å². The molecule has 6 heteroatoms. The van der Waals surface area contributed by atoms with Gasteiger partial charge in [0.25, 0.3) is 0 Å². The summed E-state index contributed by atoms with van der Waals surface area (Å²) in [5.74, 6) is -0.338. The Balaban J connectivity index is 1.85. The molecule has 0 aliphatic carbocycles. The predicted octanol–water partition coefficient (Wildman–Crippen LogP) is 1.80. The minimum absolute atomic E-state index is 0.0215. The van der Waals surface area contributed by atoms with Crippen molar-refractivity contribution in [1.82, 2.24) is 5.32 Å². The maximum Gasteiger partial charge on any atom is 0.320 e. The van der Waals surface area contributed by atoms with Crippen molar-refractivity contribution in [3.05, 3.63) is 29.8 Å². The smallest absolute Gasteiger partial charge is 0.320 e. The number of thioether (sulfide) groups is 1. The largest absolute Gasteiger partial charge is 0.468 e. The van der Waals surface area contributed by atoms with Crippen LogP contribution in [0.25, 0.3) is 0 Å². The van der Waals surface area contributed by atoms with E-state index >= 15 is 0 Å². The topological polar surface area (TPSA) is 55.4 Å². The predicted molar refractivity (Wildman–Crippen MR) is 82.6 cm³/mol. The first kappa shape index (κ1) is 14.6. The van der Waals surface area contributed by atoms with Gasteiger partial charge in [-0.2, -0.15) is 0 Å². The maximum atomic E-state index is 12.0. The van der Waals surface area contributed by atoms with Crippen LogP contribution in [-0.4, -0.2) is 34.7 Å². The molecule has 102 valence electrons. The summed E-state index contributed by atoms with van der Waals surface area (Å²) in [5.41, 5.74) is 1.21. The molecule has 4 nitrogen and oxygen atoms in total. The second-order valence-electron chi connectivity index (χ2n) is 4.15. The molecule has 19 heavy (non-hydrogen) atoms.